The number of carbonyl (C=O) groups is 1. The topological polar surface area (TPSA) is 150 Å². The number of halogens is 2. The summed E-state index contributed by atoms with van der Waals surface area (Å²) in [6.07, 6.45) is 7.48. The summed E-state index contributed by atoms with van der Waals surface area (Å²) < 4.78 is 35.0. The Balaban J connectivity index is 1.34. The smallest absolute Gasteiger partial charge is 0.242 e. The SMILES string of the molecule is Nc1ncnc2c1ncn2Cc1cc(-c2ccc(F)c(F)c2)ncc1N1CCC[C@](N)(C(=O)NC2CCOCC2)C1. The minimum absolute atomic E-state index is 0.0450. The van der Waals surface area contributed by atoms with Crippen LogP contribution < -0.4 is 21.7 Å². The molecule has 13 heteroatoms. The second-order valence-electron chi connectivity index (χ2n) is 10.7. The second-order valence-corrected chi connectivity index (χ2v) is 10.7. The van der Waals surface area contributed by atoms with Gasteiger partial charge in [0, 0.05) is 37.9 Å². The molecule has 3 aromatic heterocycles. The number of carbonyl (C=O) groups excluding carboxylic acids is 1. The summed E-state index contributed by atoms with van der Waals surface area (Å²) in [6.45, 7) is 2.52. The van der Waals surface area contributed by atoms with Crippen LogP contribution in [0.3, 0.4) is 0 Å². The van der Waals surface area contributed by atoms with Crippen LogP contribution in [0.5, 0.6) is 0 Å². The number of piperidine rings is 1. The maximum Gasteiger partial charge on any atom is 0.242 e. The highest BCUT2D eigenvalue weighted by molar-refractivity contribution is 5.87. The summed E-state index contributed by atoms with van der Waals surface area (Å²) in [6, 6.07) is 5.55. The third-order valence-corrected chi connectivity index (χ3v) is 7.82. The molecule has 214 valence electrons. The lowest BCUT2D eigenvalue weighted by Gasteiger charge is -2.41. The summed E-state index contributed by atoms with van der Waals surface area (Å²) in [7, 11) is 0. The van der Waals surface area contributed by atoms with Crippen molar-refractivity contribution in [1.82, 2.24) is 29.8 Å². The van der Waals surface area contributed by atoms with Crippen molar-refractivity contribution < 1.29 is 18.3 Å². The van der Waals surface area contributed by atoms with Crippen LogP contribution in [0, 0.1) is 11.6 Å². The third kappa shape index (κ3) is 5.42. The highest BCUT2D eigenvalue weighted by Gasteiger charge is 2.40. The van der Waals surface area contributed by atoms with Crippen molar-refractivity contribution in [2.24, 2.45) is 5.73 Å². The van der Waals surface area contributed by atoms with E-state index in [0.29, 0.717) is 68.1 Å². The Morgan fingerprint density at radius 3 is 2.76 bits per heavy atom. The van der Waals surface area contributed by atoms with E-state index in [0.717, 1.165) is 36.2 Å². The average Bonchev–Trinajstić information content (AvgIpc) is 3.39. The summed E-state index contributed by atoms with van der Waals surface area (Å²) in [5, 5.41) is 3.13. The van der Waals surface area contributed by atoms with Gasteiger partial charge in [-0.25, -0.2) is 23.7 Å². The first-order valence-corrected chi connectivity index (χ1v) is 13.6. The van der Waals surface area contributed by atoms with Crippen LogP contribution in [0.4, 0.5) is 20.3 Å². The molecule has 1 atom stereocenters. The predicted octanol–water partition coefficient (Wildman–Crippen LogP) is 2.39. The number of hydrogen-bond donors (Lipinski definition) is 3. The van der Waals surface area contributed by atoms with E-state index in [1.165, 1.54) is 12.4 Å². The number of rotatable bonds is 6. The van der Waals surface area contributed by atoms with Crippen LogP contribution in [0.2, 0.25) is 0 Å². The van der Waals surface area contributed by atoms with Crippen LogP contribution in [0.15, 0.2) is 43.1 Å². The molecule has 5 heterocycles. The number of fused-ring (bicyclic) bond motifs is 1. The fourth-order valence-electron chi connectivity index (χ4n) is 5.56. The molecule has 2 saturated heterocycles. The highest BCUT2D eigenvalue weighted by Crippen LogP contribution is 2.32. The minimum Gasteiger partial charge on any atom is -0.382 e. The van der Waals surface area contributed by atoms with Crippen molar-refractivity contribution in [3.8, 4) is 11.3 Å². The Kier molecular flexibility index (Phi) is 7.22. The van der Waals surface area contributed by atoms with E-state index in [-0.39, 0.29) is 17.8 Å². The minimum atomic E-state index is -1.09. The van der Waals surface area contributed by atoms with Gasteiger partial charge >= 0.3 is 0 Å². The maximum atomic E-state index is 14.1. The number of pyridine rings is 1. The molecule has 2 aliphatic rings. The lowest BCUT2D eigenvalue weighted by molar-refractivity contribution is -0.128. The third-order valence-electron chi connectivity index (χ3n) is 7.82. The number of aromatic nitrogens is 5. The molecule has 2 fully saturated rings. The van der Waals surface area contributed by atoms with Crippen molar-refractivity contribution >= 4 is 28.6 Å². The van der Waals surface area contributed by atoms with Crippen LogP contribution in [0.25, 0.3) is 22.4 Å². The number of benzene rings is 1. The van der Waals surface area contributed by atoms with Crippen molar-refractivity contribution in [3.05, 3.63) is 60.3 Å². The Morgan fingerprint density at radius 2 is 1.95 bits per heavy atom. The van der Waals surface area contributed by atoms with Gasteiger partial charge in [-0.2, -0.15) is 0 Å². The van der Waals surface area contributed by atoms with Crippen LogP contribution >= 0.6 is 0 Å². The number of imidazole rings is 1. The van der Waals surface area contributed by atoms with Gasteiger partial charge in [0.2, 0.25) is 5.91 Å². The number of nitrogen functional groups attached to an aromatic ring is 1. The van der Waals surface area contributed by atoms with Gasteiger partial charge in [0.05, 0.1) is 30.5 Å². The predicted molar refractivity (Wildman–Crippen MR) is 149 cm³/mol. The van der Waals surface area contributed by atoms with E-state index in [2.05, 4.69) is 30.2 Å². The van der Waals surface area contributed by atoms with Crippen LogP contribution in [0.1, 0.15) is 31.2 Å². The molecule has 0 aliphatic carbocycles. The molecule has 0 saturated carbocycles. The average molecular weight is 564 g/mol. The van der Waals surface area contributed by atoms with E-state index in [4.69, 9.17) is 16.2 Å². The Morgan fingerprint density at radius 1 is 1.12 bits per heavy atom. The molecule has 2 aliphatic heterocycles. The first-order chi connectivity index (χ1) is 19.8. The molecule has 0 spiro atoms. The number of hydrogen-bond acceptors (Lipinski definition) is 9. The zero-order valence-corrected chi connectivity index (χ0v) is 22.4. The van der Waals surface area contributed by atoms with Gasteiger partial charge in [0.15, 0.2) is 23.1 Å². The van der Waals surface area contributed by atoms with Crippen LogP contribution in [-0.4, -0.2) is 68.3 Å². The van der Waals surface area contributed by atoms with Gasteiger partial charge in [-0.3, -0.25) is 9.78 Å². The molecule has 41 heavy (non-hydrogen) atoms. The molecule has 0 radical (unpaired) electrons. The summed E-state index contributed by atoms with van der Waals surface area (Å²) in [4.78, 5) is 32.7. The van der Waals surface area contributed by atoms with E-state index in [1.54, 1.807) is 12.5 Å². The number of amides is 1. The fraction of sp³-hybridized carbons (Fsp3) is 0.393. The Hall–Kier alpha value is -4.23. The zero-order valence-electron chi connectivity index (χ0n) is 22.4. The highest BCUT2D eigenvalue weighted by atomic mass is 19.2. The van der Waals surface area contributed by atoms with Gasteiger partial charge in [-0.15, -0.1) is 0 Å². The first kappa shape index (κ1) is 27.0. The van der Waals surface area contributed by atoms with Crippen molar-refractivity contribution in [1.29, 1.82) is 0 Å². The Bertz CT molecular complexity index is 1590. The number of nitrogens with zero attached hydrogens (tertiary/aromatic N) is 6. The van der Waals surface area contributed by atoms with Crippen molar-refractivity contribution in [2.45, 2.75) is 43.8 Å². The number of ether oxygens (including phenoxy) is 1. The van der Waals surface area contributed by atoms with Crippen molar-refractivity contribution in [2.75, 3.05) is 36.9 Å². The first-order valence-electron chi connectivity index (χ1n) is 13.6. The normalized spacial score (nSPS) is 19.9. The molecule has 0 unspecified atom stereocenters. The molecule has 6 rings (SSSR count). The largest absolute Gasteiger partial charge is 0.382 e. The quantitative estimate of drug-likeness (QED) is 0.321. The number of nitrogens with one attached hydrogen (secondary N) is 1. The van der Waals surface area contributed by atoms with E-state index in [9.17, 15) is 13.6 Å². The molecule has 1 aromatic carbocycles. The van der Waals surface area contributed by atoms with Crippen LogP contribution in [-0.2, 0) is 16.1 Å². The fourth-order valence-corrected chi connectivity index (χ4v) is 5.56. The van der Waals surface area contributed by atoms with E-state index < -0.39 is 17.2 Å². The molecule has 1 amide bonds. The molecule has 5 N–H and O–H groups in total. The van der Waals surface area contributed by atoms with Gasteiger partial charge in [-0.05, 0) is 55.5 Å². The summed E-state index contributed by atoms with van der Waals surface area (Å²) >= 11 is 0. The van der Waals surface area contributed by atoms with Gasteiger partial charge in [0.25, 0.3) is 0 Å². The summed E-state index contributed by atoms with van der Waals surface area (Å²) in [5.74, 6) is -1.79. The Labute approximate surface area is 234 Å². The lowest BCUT2D eigenvalue weighted by atomic mass is 9.88. The van der Waals surface area contributed by atoms with Gasteiger partial charge in [-0.1, -0.05) is 0 Å². The second kappa shape index (κ2) is 11.0. The molecule has 11 nitrogen and oxygen atoms in total. The number of anilines is 2. The van der Waals surface area contributed by atoms with Gasteiger partial charge in [0.1, 0.15) is 17.4 Å². The van der Waals surface area contributed by atoms with Gasteiger partial charge < -0.3 is 31.0 Å². The monoisotopic (exact) mass is 563 g/mol. The number of nitrogens with two attached hydrogens (primary N) is 2. The molecular weight excluding hydrogens is 532 g/mol. The standard InChI is InChI=1S/C28H31F2N9O2/c29-20-3-2-17(10-21(20)30)22-11-18(13-39-16-36-24-25(31)34-15-35-26(24)39)23(12-33-22)38-7-1-6-28(32,14-38)27(40)37-19-4-8-41-9-5-19/h2-3,10-12,15-16,19H,1,4-9,13-14,32H2,(H,37,40)(H2,31,34,35)/t28-/m1/s1. The zero-order chi connectivity index (χ0) is 28.6. The molecule has 4 aromatic rings. The van der Waals surface area contributed by atoms with Crippen molar-refractivity contribution in [3.63, 3.8) is 0 Å². The van der Waals surface area contributed by atoms with E-state index >= 15 is 0 Å². The molecular formula is C28H31F2N9O2. The molecule has 0 bridgehead atoms. The lowest BCUT2D eigenvalue weighted by Crippen LogP contribution is -2.64. The summed E-state index contributed by atoms with van der Waals surface area (Å²) in [5.41, 5.74) is 15.2. The van der Waals surface area contributed by atoms with E-state index in [1.807, 2.05) is 10.6 Å². The maximum absolute atomic E-state index is 14.1.